The highest BCUT2D eigenvalue weighted by Gasteiger charge is 2.43. The number of para-hydroxylation sites is 1. The van der Waals surface area contributed by atoms with E-state index >= 15 is 0 Å². The third-order valence-corrected chi connectivity index (χ3v) is 5.64. The first-order chi connectivity index (χ1) is 13.8. The molecule has 0 aliphatic carbocycles. The molecule has 2 aliphatic rings. The second-order valence-corrected chi connectivity index (χ2v) is 7.76. The number of halogens is 4. The number of carbonyl (C=O) groups excluding carboxylic acids is 1. The number of alkyl halides is 3. The number of benzene rings is 2. The number of hydrogen-bond acceptors (Lipinski definition) is 3. The highest BCUT2D eigenvalue weighted by atomic mass is 79.9. The van der Waals surface area contributed by atoms with Crippen LogP contribution in [0.4, 0.5) is 13.2 Å². The van der Waals surface area contributed by atoms with E-state index in [0.717, 1.165) is 31.6 Å². The predicted molar refractivity (Wildman–Crippen MR) is 105 cm³/mol. The Morgan fingerprint density at radius 3 is 2.52 bits per heavy atom. The monoisotopic (exact) mass is 467 g/mol. The van der Waals surface area contributed by atoms with Crippen LogP contribution in [0.2, 0.25) is 0 Å². The van der Waals surface area contributed by atoms with Crippen LogP contribution < -0.4 is 9.47 Å². The molecule has 0 radical (unpaired) electrons. The maximum Gasteiger partial charge on any atom is 0.471 e. The summed E-state index contributed by atoms with van der Waals surface area (Å²) in [4.78, 5) is 12.4. The zero-order chi connectivity index (χ0) is 20.8. The Kier molecular flexibility index (Phi) is 5.06. The van der Waals surface area contributed by atoms with Crippen LogP contribution in [0.3, 0.4) is 0 Å². The van der Waals surface area contributed by atoms with Crippen molar-refractivity contribution in [3.8, 4) is 17.2 Å². The van der Waals surface area contributed by atoms with Crippen LogP contribution in [0.5, 0.6) is 17.2 Å². The zero-order valence-corrected chi connectivity index (χ0v) is 17.1. The Morgan fingerprint density at radius 1 is 1.14 bits per heavy atom. The third kappa shape index (κ3) is 3.61. The van der Waals surface area contributed by atoms with Gasteiger partial charge in [0.15, 0.2) is 11.5 Å². The first kappa shape index (κ1) is 19.8. The van der Waals surface area contributed by atoms with E-state index in [9.17, 15) is 18.0 Å². The molecular formula is C21H17BrF3NO3. The normalized spacial score (nSPS) is 16.1. The van der Waals surface area contributed by atoms with E-state index in [1.54, 1.807) is 13.2 Å². The van der Waals surface area contributed by atoms with Crippen molar-refractivity contribution in [2.45, 2.75) is 19.0 Å². The molecule has 152 valence electrons. The van der Waals surface area contributed by atoms with Crippen molar-refractivity contribution in [2.24, 2.45) is 0 Å². The largest absolute Gasteiger partial charge is 0.493 e. The van der Waals surface area contributed by atoms with Crippen LogP contribution in [0.15, 0.2) is 46.4 Å². The molecule has 0 unspecified atom stereocenters. The van der Waals surface area contributed by atoms with Gasteiger partial charge >= 0.3 is 12.1 Å². The van der Waals surface area contributed by atoms with E-state index < -0.39 is 12.1 Å². The molecule has 0 atom stereocenters. The van der Waals surface area contributed by atoms with Crippen molar-refractivity contribution in [3.63, 3.8) is 0 Å². The van der Waals surface area contributed by atoms with Crippen molar-refractivity contribution in [3.05, 3.63) is 57.6 Å². The first-order valence-corrected chi connectivity index (χ1v) is 9.82. The van der Waals surface area contributed by atoms with Gasteiger partial charge in [-0.2, -0.15) is 13.2 Å². The molecule has 0 spiro atoms. The van der Waals surface area contributed by atoms with Gasteiger partial charge in [0.25, 0.3) is 0 Å². The summed E-state index contributed by atoms with van der Waals surface area (Å²) in [5.74, 6) is 0.0282. The number of methoxy groups -OCH3 is 1. The van der Waals surface area contributed by atoms with Crippen molar-refractivity contribution >= 4 is 27.4 Å². The molecule has 1 saturated heterocycles. The average molecular weight is 468 g/mol. The van der Waals surface area contributed by atoms with Crippen LogP contribution in [-0.4, -0.2) is 37.2 Å². The Morgan fingerprint density at radius 2 is 1.86 bits per heavy atom. The SMILES string of the molecule is COc1cccc2c1Oc1cc(Br)ccc1C2=C1CCN(C(=O)C(F)(F)F)CC1. The summed E-state index contributed by atoms with van der Waals surface area (Å²) in [6, 6.07) is 11.3. The summed E-state index contributed by atoms with van der Waals surface area (Å²) in [5, 5.41) is 0. The fourth-order valence-electron chi connectivity index (χ4n) is 3.81. The van der Waals surface area contributed by atoms with Gasteiger partial charge in [0, 0.05) is 28.7 Å². The van der Waals surface area contributed by atoms with Gasteiger partial charge in [0.05, 0.1) is 7.11 Å². The van der Waals surface area contributed by atoms with Gasteiger partial charge in [0.1, 0.15) is 5.75 Å². The summed E-state index contributed by atoms with van der Waals surface area (Å²) in [6.45, 7) is 0.0619. The quantitative estimate of drug-likeness (QED) is 0.470. The number of piperidine rings is 1. The minimum atomic E-state index is -4.85. The minimum Gasteiger partial charge on any atom is -0.493 e. The van der Waals surface area contributed by atoms with Crippen molar-refractivity contribution in [1.29, 1.82) is 0 Å². The number of nitrogens with zero attached hydrogens (tertiary/aromatic N) is 1. The lowest BCUT2D eigenvalue weighted by Gasteiger charge is -2.32. The van der Waals surface area contributed by atoms with Gasteiger partial charge in [0.2, 0.25) is 0 Å². The zero-order valence-electron chi connectivity index (χ0n) is 15.5. The third-order valence-electron chi connectivity index (χ3n) is 5.14. The molecule has 0 aromatic heterocycles. The number of amides is 1. The summed E-state index contributed by atoms with van der Waals surface area (Å²) >= 11 is 3.45. The molecule has 4 rings (SSSR count). The van der Waals surface area contributed by atoms with E-state index in [2.05, 4.69) is 15.9 Å². The molecular weight excluding hydrogens is 451 g/mol. The number of ether oxygens (including phenoxy) is 2. The molecule has 2 aliphatic heterocycles. The van der Waals surface area contributed by atoms with Gasteiger partial charge in [-0.25, -0.2) is 0 Å². The smallest absolute Gasteiger partial charge is 0.471 e. The number of carbonyl (C=O) groups is 1. The molecule has 4 nitrogen and oxygen atoms in total. The van der Waals surface area contributed by atoms with E-state index in [1.165, 1.54) is 0 Å². The van der Waals surface area contributed by atoms with Gasteiger partial charge < -0.3 is 14.4 Å². The van der Waals surface area contributed by atoms with E-state index in [1.807, 2.05) is 30.3 Å². The molecule has 0 N–H and O–H groups in total. The van der Waals surface area contributed by atoms with E-state index in [4.69, 9.17) is 9.47 Å². The maximum absolute atomic E-state index is 12.8. The Hall–Kier alpha value is -2.48. The Bertz CT molecular complexity index is 1010. The highest BCUT2D eigenvalue weighted by molar-refractivity contribution is 9.10. The number of hydrogen-bond donors (Lipinski definition) is 0. The van der Waals surface area contributed by atoms with Crippen molar-refractivity contribution in [2.75, 3.05) is 20.2 Å². The van der Waals surface area contributed by atoms with Crippen LogP contribution in [0.1, 0.15) is 24.0 Å². The number of rotatable bonds is 1. The van der Waals surface area contributed by atoms with Crippen molar-refractivity contribution < 1.29 is 27.4 Å². The van der Waals surface area contributed by atoms with E-state index in [0.29, 0.717) is 30.1 Å². The van der Waals surface area contributed by atoms with Gasteiger partial charge in [-0.3, -0.25) is 4.79 Å². The lowest BCUT2D eigenvalue weighted by Crippen LogP contribution is -2.44. The molecule has 2 aromatic carbocycles. The van der Waals surface area contributed by atoms with Gasteiger partial charge in [-0.15, -0.1) is 0 Å². The lowest BCUT2D eigenvalue weighted by molar-refractivity contribution is -0.185. The first-order valence-electron chi connectivity index (χ1n) is 9.03. The average Bonchev–Trinajstić information content (AvgIpc) is 2.70. The molecule has 8 heteroatoms. The topological polar surface area (TPSA) is 38.8 Å². The van der Waals surface area contributed by atoms with E-state index in [-0.39, 0.29) is 13.1 Å². The second kappa shape index (κ2) is 7.40. The molecule has 1 amide bonds. The predicted octanol–water partition coefficient (Wildman–Crippen LogP) is 5.55. The summed E-state index contributed by atoms with van der Waals surface area (Å²) in [7, 11) is 1.56. The van der Waals surface area contributed by atoms with Crippen LogP contribution in [-0.2, 0) is 4.79 Å². The lowest BCUT2D eigenvalue weighted by atomic mass is 9.86. The van der Waals surface area contributed by atoms with Crippen LogP contribution >= 0.6 is 15.9 Å². The fourth-order valence-corrected chi connectivity index (χ4v) is 4.15. The number of likely N-dealkylation sites (tertiary alicyclic amines) is 1. The Labute approximate surface area is 174 Å². The van der Waals surface area contributed by atoms with Gasteiger partial charge in [-0.05, 0) is 42.7 Å². The molecule has 1 fully saturated rings. The molecule has 2 heterocycles. The molecule has 0 bridgehead atoms. The maximum atomic E-state index is 12.8. The molecule has 0 saturated carbocycles. The van der Waals surface area contributed by atoms with Crippen LogP contribution in [0.25, 0.3) is 5.57 Å². The highest BCUT2D eigenvalue weighted by Crippen LogP contribution is 2.50. The standard InChI is InChI=1S/C21H17BrF3NO3/c1-28-16-4-2-3-15-18(14-6-5-13(22)11-17(14)29-19(15)16)12-7-9-26(10-8-12)20(27)21(23,24)25/h2-6,11H,7-10H2,1H3. The van der Waals surface area contributed by atoms with Crippen LogP contribution in [0, 0.1) is 0 Å². The minimum absolute atomic E-state index is 0.0309. The Balaban J connectivity index is 1.77. The summed E-state index contributed by atoms with van der Waals surface area (Å²) in [6.07, 6.45) is -4.12. The number of fused-ring (bicyclic) bond motifs is 2. The second-order valence-electron chi connectivity index (χ2n) is 6.85. The summed E-state index contributed by atoms with van der Waals surface area (Å²) in [5.41, 5.74) is 3.65. The van der Waals surface area contributed by atoms with Gasteiger partial charge in [-0.1, -0.05) is 33.6 Å². The molecule has 29 heavy (non-hydrogen) atoms. The summed E-state index contributed by atoms with van der Waals surface area (Å²) < 4.78 is 50.7. The van der Waals surface area contributed by atoms with Crippen molar-refractivity contribution in [1.82, 2.24) is 4.90 Å². The molecule has 2 aromatic rings. The fraction of sp³-hybridized carbons (Fsp3) is 0.286.